The van der Waals surface area contributed by atoms with Crippen molar-refractivity contribution in [1.29, 1.82) is 0 Å². The second-order valence-corrected chi connectivity index (χ2v) is 6.37. The first-order valence-electron chi connectivity index (χ1n) is 8.58. The first kappa shape index (κ1) is 15.7. The maximum absolute atomic E-state index is 12.9. The Balaban J connectivity index is 1.55. The molecular weight excluding hydrogens is 320 g/mol. The summed E-state index contributed by atoms with van der Waals surface area (Å²) >= 11 is 0. The van der Waals surface area contributed by atoms with Crippen LogP contribution in [-0.4, -0.2) is 49.0 Å². The van der Waals surface area contributed by atoms with E-state index in [9.17, 15) is 4.79 Å². The molecule has 1 aliphatic heterocycles. The summed E-state index contributed by atoms with van der Waals surface area (Å²) in [5, 5.41) is 12.3. The molecule has 1 aromatic carbocycles. The highest BCUT2D eigenvalue weighted by Gasteiger charge is 2.28. The number of carbonyl (C=O) groups is 1. The summed E-state index contributed by atoms with van der Waals surface area (Å²) in [6, 6.07) is 5.58. The van der Waals surface area contributed by atoms with Crippen LogP contribution in [0.4, 0.5) is 0 Å². The van der Waals surface area contributed by atoms with Crippen LogP contribution < -0.4 is 0 Å². The Labute approximate surface area is 144 Å². The van der Waals surface area contributed by atoms with Gasteiger partial charge in [-0.05, 0) is 38.0 Å². The molecule has 2 aromatic heterocycles. The average Bonchev–Trinajstić information content (AvgIpc) is 3.26. The summed E-state index contributed by atoms with van der Waals surface area (Å²) in [5.74, 6) is 1.39. The molecule has 1 amide bonds. The highest BCUT2D eigenvalue weighted by atomic mass is 16.5. The van der Waals surface area contributed by atoms with Crippen LogP contribution in [-0.2, 0) is 6.54 Å². The lowest BCUT2D eigenvalue weighted by Gasteiger charge is -2.31. The third-order valence-corrected chi connectivity index (χ3v) is 4.68. The standard InChI is InChI=1S/C17H20N6O2/c1-3-23-15-7-6-12(9-14(15)19-21-23)17(24)22-8-4-5-13(10-22)16-18-11(2)25-20-16/h6-7,9,13H,3-5,8,10H2,1-2H3/t13-/m1/s1. The predicted molar refractivity (Wildman–Crippen MR) is 90.1 cm³/mol. The van der Waals surface area contributed by atoms with E-state index in [-0.39, 0.29) is 11.8 Å². The number of carbonyl (C=O) groups excluding carboxylic acids is 1. The van der Waals surface area contributed by atoms with Crippen molar-refractivity contribution in [3.63, 3.8) is 0 Å². The van der Waals surface area contributed by atoms with Gasteiger partial charge in [-0.3, -0.25) is 4.79 Å². The van der Waals surface area contributed by atoms with E-state index in [1.807, 2.05) is 34.7 Å². The third-order valence-electron chi connectivity index (χ3n) is 4.68. The van der Waals surface area contributed by atoms with Gasteiger partial charge in [-0.25, -0.2) is 4.68 Å². The zero-order valence-corrected chi connectivity index (χ0v) is 14.3. The molecule has 1 saturated heterocycles. The predicted octanol–water partition coefficient (Wildman–Crippen LogP) is 2.16. The maximum Gasteiger partial charge on any atom is 0.253 e. The summed E-state index contributed by atoms with van der Waals surface area (Å²) in [5.41, 5.74) is 2.33. The van der Waals surface area contributed by atoms with Gasteiger partial charge in [0.15, 0.2) is 5.82 Å². The minimum absolute atomic E-state index is 0.0119. The fourth-order valence-electron chi connectivity index (χ4n) is 3.37. The van der Waals surface area contributed by atoms with Crippen molar-refractivity contribution >= 4 is 16.9 Å². The van der Waals surface area contributed by atoms with Gasteiger partial charge in [-0.2, -0.15) is 4.98 Å². The smallest absolute Gasteiger partial charge is 0.253 e. The molecule has 0 bridgehead atoms. The van der Waals surface area contributed by atoms with Gasteiger partial charge in [0, 0.05) is 38.0 Å². The van der Waals surface area contributed by atoms with E-state index < -0.39 is 0 Å². The quantitative estimate of drug-likeness (QED) is 0.726. The van der Waals surface area contributed by atoms with Crippen LogP contribution in [0.5, 0.6) is 0 Å². The van der Waals surface area contributed by atoms with E-state index in [4.69, 9.17) is 4.52 Å². The SMILES string of the molecule is CCn1nnc2cc(C(=O)N3CCC[C@@H](c4noc(C)n4)C3)ccc21. The molecule has 1 aliphatic rings. The van der Waals surface area contributed by atoms with Gasteiger partial charge in [0.2, 0.25) is 5.89 Å². The molecule has 1 atom stereocenters. The van der Waals surface area contributed by atoms with Crippen molar-refractivity contribution in [2.45, 2.75) is 39.2 Å². The Bertz CT molecular complexity index is 915. The minimum atomic E-state index is 0.0119. The molecule has 8 heteroatoms. The number of rotatable bonds is 3. The van der Waals surface area contributed by atoms with Crippen molar-refractivity contribution in [3.05, 3.63) is 35.5 Å². The molecular formula is C17H20N6O2. The third kappa shape index (κ3) is 2.88. The van der Waals surface area contributed by atoms with Gasteiger partial charge in [-0.1, -0.05) is 10.4 Å². The normalized spacial score (nSPS) is 18.0. The summed E-state index contributed by atoms with van der Waals surface area (Å²) in [6.45, 7) is 5.90. The van der Waals surface area contributed by atoms with Crippen LogP contribution in [0.25, 0.3) is 11.0 Å². The van der Waals surface area contributed by atoms with E-state index in [1.54, 1.807) is 6.92 Å². The zero-order valence-electron chi connectivity index (χ0n) is 14.3. The molecule has 25 heavy (non-hydrogen) atoms. The van der Waals surface area contributed by atoms with Gasteiger partial charge >= 0.3 is 0 Å². The second-order valence-electron chi connectivity index (χ2n) is 6.37. The molecule has 3 aromatic rings. The van der Waals surface area contributed by atoms with E-state index in [2.05, 4.69) is 20.5 Å². The Morgan fingerprint density at radius 3 is 3.04 bits per heavy atom. The fraction of sp³-hybridized carbons (Fsp3) is 0.471. The molecule has 0 spiro atoms. The highest BCUT2D eigenvalue weighted by Crippen LogP contribution is 2.26. The molecule has 0 unspecified atom stereocenters. The Morgan fingerprint density at radius 2 is 2.28 bits per heavy atom. The Kier molecular flexibility index (Phi) is 3.95. The first-order chi connectivity index (χ1) is 12.2. The van der Waals surface area contributed by atoms with Gasteiger partial charge in [0.25, 0.3) is 5.91 Å². The van der Waals surface area contributed by atoms with Gasteiger partial charge in [0.1, 0.15) is 5.52 Å². The number of hydrogen-bond acceptors (Lipinski definition) is 6. The van der Waals surface area contributed by atoms with E-state index in [0.29, 0.717) is 23.8 Å². The van der Waals surface area contributed by atoms with E-state index in [1.165, 1.54) is 0 Å². The van der Waals surface area contributed by atoms with Crippen LogP contribution in [0.1, 0.15) is 47.8 Å². The molecule has 3 heterocycles. The van der Waals surface area contributed by atoms with Gasteiger partial charge < -0.3 is 9.42 Å². The summed E-state index contributed by atoms with van der Waals surface area (Å²) in [6.07, 6.45) is 1.89. The van der Waals surface area contributed by atoms with Crippen LogP contribution >= 0.6 is 0 Å². The molecule has 0 saturated carbocycles. The maximum atomic E-state index is 12.9. The number of nitrogens with zero attached hydrogens (tertiary/aromatic N) is 6. The molecule has 130 valence electrons. The second kappa shape index (κ2) is 6.27. The topological polar surface area (TPSA) is 89.9 Å². The average molecular weight is 340 g/mol. The number of likely N-dealkylation sites (tertiary alicyclic amines) is 1. The largest absolute Gasteiger partial charge is 0.340 e. The number of amides is 1. The highest BCUT2D eigenvalue weighted by molar-refractivity contribution is 5.97. The molecule has 0 N–H and O–H groups in total. The number of hydrogen-bond donors (Lipinski definition) is 0. The Morgan fingerprint density at radius 1 is 1.40 bits per heavy atom. The van der Waals surface area contributed by atoms with Crippen LogP contribution in [0.15, 0.2) is 22.7 Å². The van der Waals surface area contributed by atoms with Crippen molar-refractivity contribution < 1.29 is 9.32 Å². The van der Waals surface area contributed by atoms with Crippen LogP contribution in [0, 0.1) is 6.92 Å². The zero-order chi connectivity index (χ0) is 17.4. The minimum Gasteiger partial charge on any atom is -0.340 e. The van der Waals surface area contributed by atoms with Crippen LogP contribution in [0.2, 0.25) is 0 Å². The lowest BCUT2D eigenvalue weighted by Crippen LogP contribution is -2.39. The molecule has 0 aliphatic carbocycles. The molecule has 0 radical (unpaired) electrons. The number of aromatic nitrogens is 5. The monoisotopic (exact) mass is 340 g/mol. The Hall–Kier alpha value is -2.77. The van der Waals surface area contributed by atoms with Gasteiger partial charge in [0.05, 0.1) is 5.52 Å². The van der Waals surface area contributed by atoms with Crippen LogP contribution in [0.3, 0.4) is 0 Å². The first-order valence-corrected chi connectivity index (χ1v) is 8.58. The summed E-state index contributed by atoms with van der Waals surface area (Å²) in [7, 11) is 0. The molecule has 4 rings (SSSR count). The molecule has 1 fully saturated rings. The number of piperidine rings is 1. The van der Waals surface area contributed by atoms with Gasteiger partial charge in [-0.15, -0.1) is 5.10 Å². The van der Waals surface area contributed by atoms with Crippen molar-refractivity contribution in [3.8, 4) is 0 Å². The van der Waals surface area contributed by atoms with Crippen molar-refractivity contribution in [1.82, 2.24) is 30.0 Å². The number of benzene rings is 1. The number of aryl methyl sites for hydroxylation is 2. The number of fused-ring (bicyclic) bond motifs is 1. The summed E-state index contributed by atoms with van der Waals surface area (Å²) < 4.78 is 6.90. The molecule has 8 nitrogen and oxygen atoms in total. The van der Waals surface area contributed by atoms with Crippen molar-refractivity contribution in [2.75, 3.05) is 13.1 Å². The van der Waals surface area contributed by atoms with E-state index >= 15 is 0 Å². The lowest BCUT2D eigenvalue weighted by molar-refractivity contribution is 0.0703. The fourth-order valence-corrected chi connectivity index (χ4v) is 3.37. The van der Waals surface area contributed by atoms with Crippen molar-refractivity contribution in [2.24, 2.45) is 0 Å². The lowest BCUT2D eigenvalue weighted by atomic mass is 9.96. The van der Waals surface area contributed by atoms with E-state index in [0.717, 1.165) is 37.0 Å². The summed E-state index contributed by atoms with van der Waals surface area (Å²) in [4.78, 5) is 19.1.